The lowest BCUT2D eigenvalue weighted by Gasteiger charge is -2.34. The fraction of sp³-hybridized carbons (Fsp3) is 0.467. The van der Waals surface area contributed by atoms with Gasteiger partial charge in [0.25, 0.3) is 0 Å². The van der Waals surface area contributed by atoms with Crippen molar-refractivity contribution >= 4 is 5.70 Å². The lowest BCUT2D eigenvalue weighted by Crippen LogP contribution is -2.31. The third kappa shape index (κ3) is 2.82. The number of likely N-dealkylation sites (tertiary alicyclic amines) is 1. The van der Waals surface area contributed by atoms with Crippen LogP contribution in [-0.4, -0.2) is 23.1 Å². The van der Waals surface area contributed by atoms with Gasteiger partial charge in [-0.05, 0) is 30.9 Å². The standard InChI is InChI=1S/C15H21NO/c1-3-13-7-9-16(10-8-13)12(2)14-5-4-6-15(17)11-14/h4-6,11,13,17H,2-3,7-10H2,1H3. The van der Waals surface area contributed by atoms with Gasteiger partial charge in [-0.25, -0.2) is 0 Å². The van der Waals surface area contributed by atoms with Gasteiger partial charge in [0.05, 0.1) is 0 Å². The summed E-state index contributed by atoms with van der Waals surface area (Å²) in [7, 11) is 0. The Morgan fingerprint density at radius 3 is 2.71 bits per heavy atom. The second kappa shape index (κ2) is 5.26. The molecule has 2 rings (SSSR count). The molecular formula is C15H21NO. The SMILES string of the molecule is C=C(c1cccc(O)c1)N1CCC(CC)CC1. The minimum Gasteiger partial charge on any atom is -0.508 e. The summed E-state index contributed by atoms with van der Waals surface area (Å²) in [5, 5.41) is 9.48. The van der Waals surface area contributed by atoms with Gasteiger partial charge in [0, 0.05) is 24.4 Å². The Bertz CT molecular complexity index is 392. The number of phenols is 1. The minimum absolute atomic E-state index is 0.312. The zero-order chi connectivity index (χ0) is 12.3. The summed E-state index contributed by atoms with van der Waals surface area (Å²) in [4.78, 5) is 2.33. The molecule has 1 aliphatic rings. The van der Waals surface area contributed by atoms with Gasteiger partial charge in [-0.1, -0.05) is 32.1 Å². The Morgan fingerprint density at radius 2 is 2.12 bits per heavy atom. The number of benzene rings is 1. The molecule has 1 aromatic rings. The maximum atomic E-state index is 9.48. The molecule has 0 amide bonds. The predicted octanol–water partition coefficient (Wildman–Crippen LogP) is 3.48. The van der Waals surface area contributed by atoms with Gasteiger partial charge in [-0.3, -0.25) is 0 Å². The third-order valence-electron chi connectivity index (χ3n) is 3.75. The molecular weight excluding hydrogens is 210 g/mol. The van der Waals surface area contributed by atoms with Crippen molar-refractivity contribution in [1.29, 1.82) is 0 Å². The van der Waals surface area contributed by atoms with Crippen LogP contribution in [0.2, 0.25) is 0 Å². The molecule has 0 saturated carbocycles. The average Bonchev–Trinajstić information content (AvgIpc) is 2.38. The molecule has 1 saturated heterocycles. The molecule has 17 heavy (non-hydrogen) atoms. The first-order chi connectivity index (χ1) is 8.20. The first kappa shape index (κ1) is 12.0. The monoisotopic (exact) mass is 231 g/mol. The zero-order valence-corrected chi connectivity index (χ0v) is 10.5. The molecule has 0 radical (unpaired) electrons. The van der Waals surface area contributed by atoms with E-state index in [2.05, 4.69) is 18.4 Å². The van der Waals surface area contributed by atoms with Crippen molar-refractivity contribution in [3.63, 3.8) is 0 Å². The molecule has 0 aromatic heterocycles. The topological polar surface area (TPSA) is 23.5 Å². The quantitative estimate of drug-likeness (QED) is 0.860. The van der Waals surface area contributed by atoms with Crippen molar-refractivity contribution < 1.29 is 5.11 Å². The summed E-state index contributed by atoms with van der Waals surface area (Å²) < 4.78 is 0. The number of nitrogens with zero attached hydrogens (tertiary/aromatic N) is 1. The lowest BCUT2D eigenvalue weighted by atomic mass is 9.93. The van der Waals surface area contributed by atoms with E-state index in [0.29, 0.717) is 5.75 Å². The number of piperidine rings is 1. The van der Waals surface area contributed by atoms with Gasteiger partial charge in [0.2, 0.25) is 0 Å². The van der Waals surface area contributed by atoms with Gasteiger partial charge in [0.1, 0.15) is 5.75 Å². The van der Waals surface area contributed by atoms with Crippen LogP contribution in [0.1, 0.15) is 31.7 Å². The lowest BCUT2D eigenvalue weighted by molar-refractivity contribution is 0.251. The highest BCUT2D eigenvalue weighted by Crippen LogP contribution is 2.27. The molecule has 1 fully saturated rings. The summed E-state index contributed by atoms with van der Waals surface area (Å²) in [6.45, 7) is 8.60. The molecule has 2 heteroatoms. The molecule has 0 atom stereocenters. The zero-order valence-electron chi connectivity index (χ0n) is 10.5. The second-order valence-electron chi connectivity index (χ2n) is 4.84. The molecule has 1 heterocycles. The Hall–Kier alpha value is -1.44. The van der Waals surface area contributed by atoms with Gasteiger partial charge >= 0.3 is 0 Å². The van der Waals surface area contributed by atoms with Crippen LogP contribution in [-0.2, 0) is 0 Å². The van der Waals surface area contributed by atoms with E-state index in [9.17, 15) is 5.11 Å². The number of rotatable bonds is 3. The molecule has 0 bridgehead atoms. The van der Waals surface area contributed by atoms with Crippen LogP contribution >= 0.6 is 0 Å². The highest BCUT2D eigenvalue weighted by Gasteiger charge is 2.19. The average molecular weight is 231 g/mol. The normalized spacial score (nSPS) is 17.1. The number of hydrogen-bond donors (Lipinski definition) is 1. The second-order valence-corrected chi connectivity index (χ2v) is 4.84. The van der Waals surface area contributed by atoms with Crippen LogP contribution in [0, 0.1) is 5.92 Å². The van der Waals surface area contributed by atoms with Crippen LogP contribution < -0.4 is 0 Å². The van der Waals surface area contributed by atoms with Gasteiger partial charge < -0.3 is 10.0 Å². The fourth-order valence-corrected chi connectivity index (χ4v) is 2.48. The third-order valence-corrected chi connectivity index (χ3v) is 3.75. The predicted molar refractivity (Wildman–Crippen MR) is 71.7 cm³/mol. The Kier molecular flexibility index (Phi) is 3.72. The van der Waals surface area contributed by atoms with Crippen LogP contribution in [0.4, 0.5) is 0 Å². The van der Waals surface area contributed by atoms with E-state index < -0.39 is 0 Å². The summed E-state index contributed by atoms with van der Waals surface area (Å²) in [5.41, 5.74) is 2.07. The van der Waals surface area contributed by atoms with Gasteiger partial charge in [-0.2, -0.15) is 0 Å². The minimum atomic E-state index is 0.312. The Labute approximate surface area is 104 Å². The molecule has 1 aromatic carbocycles. The Balaban J connectivity index is 2.02. The van der Waals surface area contributed by atoms with Crippen molar-refractivity contribution in [3.05, 3.63) is 36.4 Å². The molecule has 0 unspecified atom stereocenters. The van der Waals surface area contributed by atoms with E-state index in [0.717, 1.165) is 30.3 Å². The van der Waals surface area contributed by atoms with Crippen molar-refractivity contribution in [1.82, 2.24) is 4.90 Å². The van der Waals surface area contributed by atoms with Crippen molar-refractivity contribution in [2.24, 2.45) is 5.92 Å². The molecule has 0 aliphatic carbocycles. The van der Waals surface area contributed by atoms with Gasteiger partial charge in [-0.15, -0.1) is 0 Å². The first-order valence-corrected chi connectivity index (χ1v) is 6.44. The van der Waals surface area contributed by atoms with E-state index in [1.54, 1.807) is 12.1 Å². The molecule has 92 valence electrons. The molecule has 2 nitrogen and oxygen atoms in total. The van der Waals surface area contributed by atoms with E-state index >= 15 is 0 Å². The van der Waals surface area contributed by atoms with Crippen molar-refractivity contribution in [2.75, 3.05) is 13.1 Å². The van der Waals surface area contributed by atoms with Crippen LogP contribution in [0.15, 0.2) is 30.8 Å². The van der Waals surface area contributed by atoms with Crippen LogP contribution in [0.3, 0.4) is 0 Å². The number of phenolic OH excluding ortho intramolecular Hbond substituents is 1. The number of aromatic hydroxyl groups is 1. The van der Waals surface area contributed by atoms with E-state index in [4.69, 9.17) is 0 Å². The van der Waals surface area contributed by atoms with Crippen LogP contribution in [0.5, 0.6) is 5.75 Å². The summed E-state index contributed by atoms with van der Waals surface area (Å²) in [6.07, 6.45) is 3.80. The molecule has 1 N–H and O–H groups in total. The smallest absolute Gasteiger partial charge is 0.116 e. The largest absolute Gasteiger partial charge is 0.508 e. The van der Waals surface area contributed by atoms with Crippen molar-refractivity contribution in [3.8, 4) is 5.75 Å². The first-order valence-electron chi connectivity index (χ1n) is 6.44. The highest BCUT2D eigenvalue weighted by atomic mass is 16.3. The van der Waals surface area contributed by atoms with Crippen molar-refractivity contribution in [2.45, 2.75) is 26.2 Å². The van der Waals surface area contributed by atoms with Crippen LogP contribution in [0.25, 0.3) is 5.70 Å². The maximum Gasteiger partial charge on any atom is 0.116 e. The van der Waals surface area contributed by atoms with E-state index in [-0.39, 0.29) is 0 Å². The fourth-order valence-electron chi connectivity index (χ4n) is 2.48. The van der Waals surface area contributed by atoms with Gasteiger partial charge in [0.15, 0.2) is 0 Å². The summed E-state index contributed by atoms with van der Waals surface area (Å²) >= 11 is 0. The Morgan fingerprint density at radius 1 is 1.41 bits per heavy atom. The summed E-state index contributed by atoms with van der Waals surface area (Å²) in [5.74, 6) is 1.19. The molecule has 0 spiro atoms. The molecule has 1 aliphatic heterocycles. The number of hydrogen-bond acceptors (Lipinski definition) is 2. The van der Waals surface area contributed by atoms with E-state index in [1.165, 1.54) is 19.3 Å². The highest BCUT2D eigenvalue weighted by molar-refractivity contribution is 5.63. The van der Waals surface area contributed by atoms with E-state index in [1.807, 2.05) is 12.1 Å². The maximum absolute atomic E-state index is 9.48. The summed E-state index contributed by atoms with van der Waals surface area (Å²) in [6, 6.07) is 7.36.